The van der Waals surface area contributed by atoms with Crippen molar-refractivity contribution in [3.8, 4) is 5.75 Å². The zero-order valence-electron chi connectivity index (χ0n) is 11.3. The summed E-state index contributed by atoms with van der Waals surface area (Å²) in [6.07, 6.45) is 2.05. The number of carbonyl (C=O) groups excluding carboxylic acids is 1. The van der Waals surface area contributed by atoms with Gasteiger partial charge in [0.15, 0.2) is 0 Å². The third-order valence-corrected chi connectivity index (χ3v) is 2.74. The van der Waals surface area contributed by atoms with E-state index in [2.05, 4.69) is 15.3 Å². The molecule has 0 saturated heterocycles. The molecule has 1 rings (SSSR count). The van der Waals surface area contributed by atoms with Crippen LogP contribution in [0.15, 0.2) is 23.3 Å². The van der Waals surface area contributed by atoms with Crippen molar-refractivity contribution < 1.29 is 19.8 Å². The number of carboxylic acid groups (broad SMARTS) is 1. The maximum atomic E-state index is 11.8. The van der Waals surface area contributed by atoms with Crippen LogP contribution in [0.5, 0.6) is 5.75 Å². The largest absolute Gasteiger partial charge is 0.507 e. The highest BCUT2D eigenvalue weighted by Crippen LogP contribution is 2.23. The molecule has 1 aromatic rings. The van der Waals surface area contributed by atoms with E-state index in [-0.39, 0.29) is 23.4 Å². The molecule has 0 bridgehead atoms. The molecule has 0 heterocycles. The number of carbonyl (C=O) groups is 2. The third-order valence-electron chi connectivity index (χ3n) is 2.74. The van der Waals surface area contributed by atoms with Gasteiger partial charge in [0.05, 0.1) is 5.56 Å². The van der Waals surface area contributed by atoms with Crippen molar-refractivity contribution >= 4 is 17.6 Å². The van der Waals surface area contributed by atoms with Gasteiger partial charge in [0, 0.05) is 23.6 Å². The van der Waals surface area contributed by atoms with E-state index in [0.29, 0.717) is 25.8 Å². The van der Waals surface area contributed by atoms with Crippen molar-refractivity contribution in [1.29, 1.82) is 0 Å². The summed E-state index contributed by atoms with van der Waals surface area (Å²) >= 11 is 0. The average Bonchev–Trinajstić information content (AvgIpc) is 2.42. The number of phenolic OH excluding ortho intramolecular Hbond substituents is 1. The van der Waals surface area contributed by atoms with Crippen LogP contribution in [0, 0.1) is 0 Å². The van der Waals surface area contributed by atoms with Crippen LogP contribution in [0.25, 0.3) is 10.4 Å². The van der Waals surface area contributed by atoms with Crippen LogP contribution in [-0.4, -0.2) is 28.6 Å². The molecule has 1 amide bonds. The van der Waals surface area contributed by atoms with Crippen LogP contribution in [0.1, 0.15) is 36.0 Å². The second-order valence-corrected chi connectivity index (χ2v) is 4.35. The summed E-state index contributed by atoms with van der Waals surface area (Å²) < 4.78 is 0. The second-order valence-electron chi connectivity index (χ2n) is 4.35. The topological polar surface area (TPSA) is 135 Å². The molecule has 0 saturated carbocycles. The smallest absolute Gasteiger partial charge is 0.303 e. The number of carboxylic acids is 1. The van der Waals surface area contributed by atoms with Crippen molar-refractivity contribution in [1.82, 2.24) is 5.32 Å². The maximum absolute atomic E-state index is 11.8. The molecule has 1 aromatic carbocycles. The Hall–Kier alpha value is -2.73. The molecule has 21 heavy (non-hydrogen) atoms. The first kappa shape index (κ1) is 16.3. The van der Waals surface area contributed by atoms with Gasteiger partial charge in [-0.05, 0) is 30.5 Å². The molecule has 0 aliphatic carbocycles. The molecule has 3 N–H and O–H groups in total. The Kier molecular flexibility index (Phi) is 6.56. The average molecular weight is 292 g/mol. The summed E-state index contributed by atoms with van der Waals surface area (Å²) in [5.74, 6) is -1.52. The lowest BCUT2D eigenvalue weighted by molar-refractivity contribution is -0.137. The fourth-order valence-corrected chi connectivity index (χ4v) is 1.70. The molecule has 0 aromatic heterocycles. The molecule has 8 heteroatoms. The van der Waals surface area contributed by atoms with Gasteiger partial charge in [0.25, 0.3) is 5.91 Å². The van der Waals surface area contributed by atoms with Crippen LogP contribution >= 0.6 is 0 Å². The maximum Gasteiger partial charge on any atom is 0.303 e. The second kappa shape index (κ2) is 8.44. The highest BCUT2D eigenvalue weighted by molar-refractivity contribution is 5.97. The standard InChI is InChI=1S/C13H16N4O4/c14-17-16-9-5-6-10(11(18)8-9)13(21)15-7-3-1-2-4-12(19)20/h5-6,8,18H,1-4,7H2,(H,15,21)(H,19,20). The van der Waals surface area contributed by atoms with Gasteiger partial charge in [-0.3, -0.25) is 9.59 Å². The molecular weight excluding hydrogens is 276 g/mol. The fraction of sp³-hybridized carbons (Fsp3) is 0.385. The minimum absolute atomic E-state index is 0.0948. The van der Waals surface area contributed by atoms with Gasteiger partial charge in [-0.2, -0.15) is 0 Å². The number of unbranched alkanes of at least 4 members (excludes halogenated alkanes) is 2. The Morgan fingerprint density at radius 2 is 2.05 bits per heavy atom. The lowest BCUT2D eigenvalue weighted by atomic mass is 10.1. The molecule has 0 aliphatic rings. The zero-order valence-corrected chi connectivity index (χ0v) is 11.3. The molecule has 112 valence electrons. The van der Waals surface area contributed by atoms with E-state index in [0.717, 1.165) is 0 Å². The summed E-state index contributed by atoms with van der Waals surface area (Å²) in [6.45, 7) is 0.399. The van der Waals surface area contributed by atoms with Gasteiger partial charge in [-0.25, -0.2) is 0 Å². The van der Waals surface area contributed by atoms with E-state index in [1.807, 2.05) is 0 Å². The molecule has 0 aliphatic heterocycles. The first-order valence-corrected chi connectivity index (χ1v) is 6.42. The van der Waals surface area contributed by atoms with E-state index in [1.165, 1.54) is 18.2 Å². The van der Waals surface area contributed by atoms with E-state index >= 15 is 0 Å². The Labute approximate surface area is 121 Å². The SMILES string of the molecule is [N-]=[N+]=Nc1ccc(C(=O)NCCCCCC(=O)O)c(O)c1. The Bertz CT molecular complexity index is 567. The first-order chi connectivity index (χ1) is 10.0. The lowest BCUT2D eigenvalue weighted by Crippen LogP contribution is -2.24. The van der Waals surface area contributed by atoms with Crippen molar-refractivity contribution in [3.63, 3.8) is 0 Å². The van der Waals surface area contributed by atoms with Gasteiger partial charge in [-0.15, -0.1) is 0 Å². The van der Waals surface area contributed by atoms with Gasteiger partial charge < -0.3 is 15.5 Å². The number of hydrogen-bond acceptors (Lipinski definition) is 4. The normalized spacial score (nSPS) is 9.71. The number of aliphatic carboxylic acids is 1. The summed E-state index contributed by atoms with van der Waals surface area (Å²) in [4.78, 5) is 24.7. The first-order valence-electron chi connectivity index (χ1n) is 6.42. The van der Waals surface area contributed by atoms with E-state index in [4.69, 9.17) is 10.6 Å². The Morgan fingerprint density at radius 1 is 1.29 bits per heavy atom. The van der Waals surface area contributed by atoms with Crippen LogP contribution in [0.2, 0.25) is 0 Å². The number of benzene rings is 1. The Balaban J connectivity index is 2.42. The number of azide groups is 1. The van der Waals surface area contributed by atoms with Gasteiger partial charge in [0.2, 0.25) is 0 Å². The molecule has 8 nitrogen and oxygen atoms in total. The number of amides is 1. The number of rotatable bonds is 8. The van der Waals surface area contributed by atoms with Gasteiger partial charge >= 0.3 is 5.97 Å². The van der Waals surface area contributed by atoms with Crippen LogP contribution < -0.4 is 5.32 Å². The number of phenols is 1. The van der Waals surface area contributed by atoms with Gasteiger partial charge in [0.1, 0.15) is 5.75 Å². The molecule has 0 radical (unpaired) electrons. The Morgan fingerprint density at radius 3 is 2.67 bits per heavy atom. The molecule has 0 spiro atoms. The monoisotopic (exact) mass is 292 g/mol. The van der Waals surface area contributed by atoms with Crippen LogP contribution in [0.4, 0.5) is 5.69 Å². The minimum atomic E-state index is -0.830. The highest BCUT2D eigenvalue weighted by atomic mass is 16.4. The summed E-state index contributed by atoms with van der Waals surface area (Å²) in [5, 5.41) is 24.1. The zero-order chi connectivity index (χ0) is 15.7. The number of nitrogens with zero attached hydrogens (tertiary/aromatic N) is 3. The summed E-state index contributed by atoms with van der Waals surface area (Å²) in [7, 11) is 0. The molecular formula is C13H16N4O4. The van der Waals surface area contributed by atoms with E-state index in [1.54, 1.807) is 0 Å². The van der Waals surface area contributed by atoms with Crippen molar-refractivity contribution in [3.05, 3.63) is 34.2 Å². The quantitative estimate of drug-likeness (QED) is 0.293. The minimum Gasteiger partial charge on any atom is -0.507 e. The van der Waals surface area contributed by atoms with E-state index in [9.17, 15) is 14.7 Å². The predicted octanol–water partition coefficient (Wildman–Crippen LogP) is 2.71. The van der Waals surface area contributed by atoms with Crippen molar-refractivity contribution in [2.24, 2.45) is 5.11 Å². The summed E-state index contributed by atoms with van der Waals surface area (Å²) in [5.41, 5.74) is 8.59. The number of hydrogen-bond donors (Lipinski definition) is 3. The predicted molar refractivity (Wildman–Crippen MR) is 75.3 cm³/mol. The summed E-state index contributed by atoms with van der Waals surface area (Å²) in [6, 6.07) is 4.02. The number of aromatic hydroxyl groups is 1. The van der Waals surface area contributed by atoms with Gasteiger partial charge in [-0.1, -0.05) is 17.6 Å². The molecule has 0 unspecified atom stereocenters. The number of nitrogens with one attached hydrogen (secondary N) is 1. The lowest BCUT2D eigenvalue weighted by Gasteiger charge is -2.07. The van der Waals surface area contributed by atoms with Crippen molar-refractivity contribution in [2.75, 3.05) is 6.54 Å². The van der Waals surface area contributed by atoms with Crippen LogP contribution in [-0.2, 0) is 4.79 Å². The van der Waals surface area contributed by atoms with E-state index < -0.39 is 11.9 Å². The fourth-order valence-electron chi connectivity index (χ4n) is 1.70. The highest BCUT2D eigenvalue weighted by Gasteiger charge is 2.10. The molecule has 0 atom stereocenters. The van der Waals surface area contributed by atoms with Crippen LogP contribution in [0.3, 0.4) is 0 Å². The third kappa shape index (κ3) is 5.84. The molecule has 0 fully saturated rings. The van der Waals surface area contributed by atoms with Crippen molar-refractivity contribution in [2.45, 2.75) is 25.7 Å².